The van der Waals surface area contributed by atoms with Crippen molar-refractivity contribution in [3.63, 3.8) is 0 Å². The first-order valence-corrected chi connectivity index (χ1v) is 10.1. The minimum absolute atomic E-state index is 0.0709. The lowest BCUT2D eigenvalue weighted by molar-refractivity contribution is -0.115. The number of benzene rings is 2. The number of furan rings is 1. The summed E-state index contributed by atoms with van der Waals surface area (Å²) < 4.78 is 30.8. The minimum atomic E-state index is -3.72. The van der Waals surface area contributed by atoms with E-state index in [1.54, 1.807) is 6.26 Å². The summed E-state index contributed by atoms with van der Waals surface area (Å²) in [5.74, 6) is -0.217. The molecule has 0 spiro atoms. The van der Waals surface area contributed by atoms with Gasteiger partial charge in [-0.25, -0.2) is 8.42 Å². The fourth-order valence-corrected chi connectivity index (χ4v) is 3.83. The number of hydrogen-bond acceptors (Lipinski definition) is 5. The molecule has 148 valence electrons. The van der Waals surface area contributed by atoms with Crippen molar-refractivity contribution in [2.24, 2.45) is 0 Å². The lowest BCUT2D eigenvalue weighted by Gasteiger charge is -2.14. The molecule has 0 unspecified atom stereocenters. The van der Waals surface area contributed by atoms with E-state index in [0.29, 0.717) is 5.69 Å². The van der Waals surface area contributed by atoms with E-state index < -0.39 is 10.0 Å². The van der Waals surface area contributed by atoms with E-state index in [9.17, 15) is 13.2 Å². The van der Waals surface area contributed by atoms with E-state index in [4.69, 9.17) is 9.25 Å². The third kappa shape index (κ3) is 3.80. The van der Waals surface area contributed by atoms with Gasteiger partial charge in [-0.05, 0) is 49.2 Å². The van der Waals surface area contributed by atoms with Crippen LogP contribution in [0.5, 0.6) is 0 Å². The Morgan fingerprint density at radius 2 is 1.82 bits per heavy atom. The highest BCUT2D eigenvalue weighted by Crippen LogP contribution is 2.27. The number of fused-ring (bicyclic) bond motifs is 1. The fourth-order valence-electron chi connectivity index (χ4n) is 2.86. The molecule has 0 atom stereocenters. The van der Waals surface area contributed by atoms with Crippen LogP contribution in [0.4, 0.5) is 5.69 Å². The van der Waals surface area contributed by atoms with E-state index in [1.165, 1.54) is 38.4 Å². The van der Waals surface area contributed by atoms with Crippen LogP contribution in [-0.2, 0) is 26.1 Å². The summed E-state index contributed by atoms with van der Waals surface area (Å²) >= 11 is 0. The van der Waals surface area contributed by atoms with Gasteiger partial charge in [-0.3, -0.25) is 9.63 Å². The van der Waals surface area contributed by atoms with E-state index >= 15 is 0 Å². The molecule has 1 heterocycles. The zero-order chi connectivity index (χ0) is 20.5. The third-order valence-corrected chi connectivity index (χ3v) is 6.42. The van der Waals surface area contributed by atoms with Gasteiger partial charge >= 0.3 is 0 Å². The molecule has 1 N–H and O–H groups in total. The van der Waals surface area contributed by atoms with Crippen LogP contribution in [0, 0.1) is 13.8 Å². The molecule has 0 saturated heterocycles. The Morgan fingerprint density at radius 1 is 1.14 bits per heavy atom. The topological polar surface area (TPSA) is 88.9 Å². The number of nitrogens with zero attached hydrogens (tertiary/aromatic N) is 1. The van der Waals surface area contributed by atoms with Crippen molar-refractivity contribution in [2.45, 2.75) is 25.2 Å². The highest BCUT2D eigenvalue weighted by molar-refractivity contribution is 7.89. The summed E-state index contributed by atoms with van der Waals surface area (Å²) in [6.45, 7) is 4.00. The smallest absolute Gasteiger partial charge is 0.264 e. The highest BCUT2D eigenvalue weighted by atomic mass is 32.2. The molecule has 1 aromatic heterocycles. The first-order valence-electron chi connectivity index (χ1n) is 8.63. The second-order valence-electron chi connectivity index (χ2n) is 6.49. The largest absolute Gasteiger partial charge is 0.464 e. The zero-order valence-electron chi connectivity index (χ0n) is 16.1. The van der Waals surface area contributed by atoms with Crippen LogP contribution in [0.3, 0.4) is 0 Å². The summed E-state index contributed by atoms with van der Waals surface area (Å²) in [7, 11) is -1.14. The second-order valence-corrected chi connectivity index (χ2v) is 8.43. The number of hydroxylamine groups is 1. The van der Waals surface area contributed by atoms with Gasteiger partial charge in [-0.1, -0.05) is 16.6 Å². The number of aryl methyl sites for hydroxylation is 2. The number of carbonyl (C=O) groups is 1. The maximum atomic E-state index is 12.4. The molecular formula is C20H22N2O5S. The average molecular weight is 402 g/mol. The summed E-state index contributed by atoms with van der Waals surface area (Å²) in [6, 6.07) is 9.87. The van der Waals surface area contributed by atoms with Crippen LogP contribution in [0.1, 0.15) is 16.7 Å². The molecule has 2 aromatic carbocycles. The molecule has 3 aromatic rings. The molecule has 0 aliphatic heterocycles. The van der Waals surface area contributed by atoms with Gasteiger partial charge in [0.1, 0.15) is 5.58 Å². The fraction of sp³-hybridized carbons (Fsp3) is 0.250. The zero-order valence-corrected chi connectivity index (χ0v) is 17.0. The lowest BCUT2D eigenvalue weighted by atomic mass is 10.0. The Kier molecular flexibility index (Phi) is 5.55. The van der Waals surface area contributed by atoms with Crippen molar-refractivity contribution in [3.05, 3.63) is 59.4 Å². The number of hydrogen-bond donors (Lipinski definition) is 1. The SMILES string of the molecule is CON(C)S(=O)(=O)c1ccc(NC(=O)Cc2coc3c(C)c(C)ccc23)cc1. The number of sulfonamides is 1. The monoisotopic (exact) mass is 402 g/mol. The van der Waals surface area contributed by atoms with Crippen LogP contribution in [0.25, 0.3) is 11.0 Å². The van der Waals surface area contributed by atoms with Gasteiger partial charge in [0, 0.05) is 23.7 Å². The number of nitrogens with one attached hydrogen (secondary N) is 1. The quantitative estimate of drug-likeness (QED) is 0.638. The summed E-state index contributed by atoms with van der Waals surface area (Å²) in [5, 5.41) is 3.69. The highest BCUT2D eigenvalue weighted by Gasteiger charge is 2.20. The number of amides is 1. The normalized spacial score (nSPS) is 11.9. The van der Waals surface area contributed by atoms with Gasteiger partial charge in [-0.15, -0.1) is 0 Å². The van der Waals surface area contributed by atoms with Crippen LogP contribution in [0.2, 0.25) is 0 Å². The Balaban J connectivity index is 1.73. The number of rotatable bonds is 6. The molecule has 0 aliphatic carbocycles. The Labute approximate surface area is 163 Å². The number of carbonyl (C=O) groups excluding carboxylic acids is 1. The standard InChI is InChI=1S/C20H22N2O5S/c1-13-5-10-18-15(12-27-20(18)14(13)2)11-19(23)21-16-6-8-17(9-7-16)28(24,25)22(3)26-4/h5-10,12H,11H2,1-4H3,(H,21,23). The van der Waals surface area contributed by atoms with Crippen LogP contribution < -0.4 is 5.32 Å². The predicted octanol–water partition coefficient (Wildman–Crippen LogP) is 3.41. The minimum Gasteiger partial charge on any atom is -0.464 e. The lowest BCUT2D eigenvalue weighted by Crippen LogP contribution is -2.25. The van der Waals surface area contributed by atoms with Crippen molar-refractivity contribution in [1.29, 1.82) is 0 Å². The average Bonchev–Trinajstić information content (AvgIpc) is 3.07. The van der Waals surface area contributed by atoms with Gasteiger partial charge in [0.25, 0.3) is 10.0 Å². The summed E-state index contributed by atoms with van der Waals surface area (Å²) in [4.78, 5) is 17.2. The maximum absolute atomic E-state index is 12.4. The van der Waals surface area contributed by atoms with Gasteiger partial charge in [0.05, 0.1) is 24.7 Å². The second kappa shape index (κ2) is 7.75. The molecular weight excluding hydrogens is 380 g/mol. The summed E-state index contributed by atoms with van der Waals surface area (Å²) in [5.41, 5.74) is 4.29. The first kappa shape index (κ1) is 20.1. The molecule has 3 rings (SSSR count). The summed E-state index contributed by atoms with van der Waals surface area (Å²) in [6.07, 6.45) is 1.76. The Bertz CT molecular complexity index is 1120. The van der Waals surface area contributed by atoms with Crippen molar-refractivity contribution in [1.82, 2.24) is 4.47 Å². The Morgan fingerprint density at radius 3 is 2.46 bits per heavy atom. The molecule has 28 heavy (non-hydrogen) atoms. The van der Waals surface area contributed by atoms with Crippen LogP contribution in [0.15, 0.2) is 52.0 Å². The van der Waals surface area contributed by atoms with E-state index in [-0.39, 0.29) is 17.2 Å². The van der Waals surface area contributed by atoms with E-state index in [1.807, 2.05) is 26.0 Å². The maximum Gasteiger partial charge on any atom is 0.264 e. The number of anilines is 1. The molecule has 1 amide bonds. The molecule has 0 radical (unpaired) electrons. The van der Waals surface area contributed by atoms with Gasteiger partial charge in [0.15, 0.2) is 0 Å². The molecule has 0 aliphatic rings. The molecule has 8 heteroatoms. The third-order valence-electron chi connectivity index (χ3n) is 4.72. The molecule has 7 nitrogen and oxygen atoms in total. The van der Waals surface area contributed by atoms with E-state index in [2.05, 4.69) is 5.32 Å². The van der Waals surface area contributed by atoms with Crippen molar-refractivity contribution in [3.8, 4) is 0 Å². The molecule has 0 fully saturated rings. The van der Waals surface area contributed by atoms with Crippen molar-refractivity contribution in [2.75, 3.05) is 19.5 Å². The molecule has 0 saturated carbocycles. The molecule has 0 bridgehead atoms. The van der Waals surface area contributed by atoms with Crippen molar-refractivity contribution < 1.29 is 22.5 Å². The van der Waals surface area contributed by atoms with Crippen molar-refractivity contribution >= 4 is 32.6 Å². The first-order chi connectivity index (χ1) is 13.2. The van der Waals surface area contributed by atoms with Gasteiger partial charge in [0.2, 0.25) is 5.91 Å². The predicted molar refractivity (Wildman–Crippen MR) is 106 cm³/mol. The van der Waals surface area contributed by atoms with Crippen LogP contribution in [-0.4, -0.2) is 33.0 Å². The van der Waals surface area contributed by atoms with Gasteiger partial charge < -0.3 is 9.73 Å². The Hall–Kier alpha value is -2.68. The van der Waals surface area contributed by atoms with Crippen LogP contribution >= 0.6 is 0 Å². The van der Waals surface area contributed by atoms with E-state index in [0.717, 1.165) is 32.1 Å². The van der Waals surface area contributed by atoms with Gasteiger partial charge in [-0.2, -0.15) is 0 Å².